The fourth-order valence-electron chi connectivity index (χ4n) is 4.47. The average molecular weight is 553 g/mol. The number of amides is 3. The van der Waals surface area contributed by atoms with Gasteiger partial charge < -0.3 is 29.6 Å². The van der Waals surface area contributed by atoms with Crippen LogP contribution < -0.4 is 20.1 Å². The van der Waals surface area contributed by atoms with Gasteiger partial charge in [0.05, 0.1) is 20.2 Å². The Labute approximate surface area is 232 Å². The number of carbonyl (C=O) groups is 3. The van der Waals surface area contributed by atoms with Crippen molar-refractivity contribution in [2.75, 3.05) is 33.4 Å². The van der Waals surface area contributed by atoms with Crippen molar-refractivity contribution in [2.24, 2.45) is 5.92 Å². The normalized spacial score (nSPS) is 16.9. The van der Waals surface area contributed by atoms with Gasteiger partial charge in [-0.3, -0.25) is 19.1 Å². The fraction of sp³-hybridized carbons (Fsp3) is 0.481. The predicted octanol–water partition coefficient (Wildman–Crippen LogP) is 1.11. The Morgan fingerprint density at radius 1 is 1.25 bits per heavy atom. The van der Waals surface area contributed by atoms with Gasteiger partial charge in [-0.2, -0.15) is 5.10 Å². The summed E-state index contributed by atoms with van der Waals surface area (Å²) in [5.41, 5.74) is 0.814. The molecule has 0 unspecified atom stereocenters. The standard InChI is InChI=1S/C27H36N8O5/c1-19(2)25-27(38)30-9-12-33-11-8-29-26(33)20-6-7-21(39-3)22(15-20)40-14-13-34(16-23(36)32-25)24(37)5-4-10-35-18-28-17-31-35/h6-8,11,15,17-19,25H,4-5,9-10,12-14,16H2,1-3H3,(H,30,38)(H,32,36)/t25-/m1/s1. The minimum absolute atomic E-state index is 0.129. The number of imidazole rings is 1. The lowest BCUT2D eigenvalue weighted by Gasteiger charge is -2.26. The van der Waals surface area contributed by atoms with E-state index in [-0.39, 0.29) is 43.8 Å². The van der Waals surface area contributed by atoms with E-state index in [4.69, 9.17) is 9.47 Å². The summed E-state index contributed by atoms with van der Waals surface area (Å²) in [4.78, 5) is 49.1. The molecule has 0 aliphatic carbocycles. The molecule has 4 rings (SSSR count). The molecular formula is C27H36N8O5. The first-order chi connectivity index (χ1) is 19.4. The summed E-state index contributed by atoms with van der Waals surface area (Å²) >= 11 is 0. The Kier molecular flexibility index (Phi) is 9.71. The molecule has 0 spiro atoms. The first kappa shape index (κ1) is 28.6. The van der Waals surface area contributed by atoms with E-state index < -0.39 is 11.9 Å². The van der Waals surface area contributed by atoms with Crippen LogP contribution in [0.15, 0.2) is 43.2 Å². The third-order valence-electron chi connectivity index (χ3n) is 6.61. The van der Waals surface area contributed by atoms with Crippen molar-refractivity contribution in [1.82, 2.24) is 39.8 Å². The first-order valence-electron chi connectivity index (χ1n) is 13.3. The van der Waals surface area contributed by atoms with E-state index in [1.165, 1.54) is 11.2 Å². The van der Waals surface area contributed by atoms with Crippen LogP contribution in [-0.4, -0.2) is 86.3 Å². The van der Waals surface area contributed by atoms with Crippen LogP contribution in [0, 0.1) is 5.92 Å². The highest BCUT2D eigenvalue weighted by Gasteiger charge is 2.26. The van der Waals surface area contributed by atoms with Crippen molar-refractivity contribution < 1.29 is 23.9 Å². The minimum Gasteiger partial charge on any atom is -0.493 e. The molecule has 13 heteroatoms. The Morgan fingerprint density at radius 2 is 2.10 bits per heavy atom. The molecule has 1 aliphatic rings. The van der Waals surface area contributed by atoms with Gasteiger partial charge >= 0.3 is 0 Å². The molecule has 0 radical (unpaired) electrons. The smallest absolute Gasteiger partial charge is 0.242 e. The number of carbonyl (C=O) groups excluding carboxylic acids is 3. The molecule has 214 valence electrons. The number of aryl methyl sites for hydroxylation is 1. The number of benzene rings is 1. The topological polar surface area (TPSA) is 146 Å². The summed E-state index contributed by atoms with van der Waals surface area (Å²) in [5.74, 6) is 0.688. The summed E-state index contributed by atoms with van der Waals surface area (Å²) in [6, 6.07) is 4.78. The second kappa shape index (κ2) is 13.6. The van der Waals surface area contributed by atoms with Crippen molar-refractivity contribution in [1.29, 1.82) is 0 Å². The summed E-state index contributed by atoms with van der Waals surface area (Å²) in [6.07, 6.45) is 7.31. The average Bonchev–Trinajstić information content (AvgIpc) is 3.63. The van der Waals surface area contributed by atoms with E-state index in [2.05, 4.69) is 25.7 Å². The van der Waals surface area contributed by atoms with Gasteiger partial charge in [-0.05, 0) is 30.5 Å². The zero-order valence-electron chi connectivity index (χ0n) is 23.1. The van der Waals surface area contributed by atoms with Gasteiger partial charge in [-0.25, -0.2) is 9.97 Å². The number of fused-ring (bicyclic) bond motifs is 4. The van der Waals surface area contributed by atoms with Crippen LogP contribution >= 0.6 is 0 Å². The highest BCUT2D eigenvalue weighted by Crippen LogP contribution is 2.32. The quantitative estimate of drug-likeness (QED) is 0.463. The number of methoxy groups -OCH3 is 1. The number of hydrogen-bond donors (Lipinski definition) is 2. The fourth-order valence-corrected chi connectivity index (χ4v) is 4.47. The Balaban J connectivity index is 1.56. The molecule has 1 atom stereocenters. The van der Waals surface area contributed by atoms with E-state index in [9.17, 15) is 14.4 Å². The molecule has 2 bridgehead atoms. The Hall–Kier alpha value is -4.42. The number of hydrogen-bond acceptors (Lipinski definition) is 8. The maximum atomic E-state index is 13.2. The molecular weight excluding hydrogens is 516 g/mol. The van der Waals surface area contributed by atoms with Crippen LogP contribution in [0.3, 0.4) is 0 Å². The molecule has 2 N–H and O–H groups in total. The van der Waals surface area contributed by atoms with Crippen LogP contribution in [-0.2, 0) is 27.5 Å². The number of ether oxygens (including phenoxy) is 2. The largest absolute Gasteiger partial charge is 0.493 e. The molecule has 0 saturated carbocycles. The first-order valence-corrected chi connectivity index (χ1v) is 13.3. The third-order valence-corrected chi connectivity index (χ3v) is 6.61. The zero-order chi connectivity index (χ0) is 28.5. The highest BCUT2D eigenvalue weighted by molar-refractivity contribution is 5.90. The molecule has 3 heterocycles. The summed E-state index contributed by atoms with van der Waals surface area (Å²) in [7, 11) is 1.56. The van der Waals surface area contributed by atoms with Gasteiger partial charge in [0.25, 0.3) is 0 Å². The maximum absolute atomic E-state index is 13.2. The number of aromatic nitrogens is 5. The lowest BCUT2D eigenvalue weighted by atomic mass is 10.0. The molecule has 0 fully saturated rings. The van der Waals surface area contributed by atoms with Crippen LogP contribution in [0.1, 0.15) is 26.7 Å². The summed E-state index contributed by atoms with van der Waals surface area (Å²) in [5, 5.41) is 9.79. The van der Waals surface area contributed by atoms with E-state index >= 15 is 0 Å². The molecule has 3 aromatic rings. The monoisotopic (exact) mass is 552 g/mol. The van der Waals surface area contributed by atoms with Crippen LogP contribution in [0.5, 0.6) is 11.5 Å². The SMILES string of the molecule is COc1ccc2cc1OCCN(C(=O)CCCn1cncn1)CC(=O)N[C@H](C(C)C)C(=O)NCCn1ccnc1-2. The molecule has 40 heavy (non-hydrogen) atoms. The van der Waals surface area contributed by atoms with Crippen molar-refractivity contribution in [3.63, 3.8) is 0 Å². The summed E-state index contributed by atoms with van der Waals surface area (Å²) < 4.78 is 15.1. The molecule has 1 aliphatic heterocycles. The van der Waals surface area contributed by atoms with E-state index in [1.807, 2.05) is 36.7 Å². The molecule has 3 amide bonds. The van der Waals surface area contributed by atoms with Gasteiger partial charge in [0, 0.05) is 44.0 Å². The maximum Gasteiger partial charge on any atom is 0.242 e. The molecule has 0 saturated heterocycles. The van der Waals surface area contributed by atoms with Crippen molar-refractivity contribution in [2.45, 2.75) is 45.8 Å². The Bertz CT molecular complexity index is 1290. The van der Waals surface area contributed by atoms with Crippen molar-refractivity contribution in [3.8, 4) is 22.9 Å². The van der Waals surface area contributed by atoms with Crippen molar-refractivity contribution >= 4 is 17.7 Å². The summed E-state index contributed by atoms with van der Waals surface area (Å²) in [6.45, 7) is 5.17. The van der Waals surface area contributed by atoms with Gasteiger partial charge in [0.15, 0.2) is 11.5 Å². The van der Waals surface area contributed by atoms with E-state index in [0.29, 0.717) is 43.4 Å². The molecule has 1 aromatic carbocycles. The second-order valence-electron chi connectivity index (χ2n) is 9.82. The van der Waals surface area contributed by atoms with Gasteiger partial charge in [0.1, 0.15) is 31.1 Å². The highest BCUT2D eigenvalue weighted by atomic mass is 16.5. The number of nitrogens with one attached hydrogen (secondary N) is 2. The van der Waals surface area contributed by atoms with Gasteiger partial charge in [-0.1, -0.05) is 13.8 Å². The predicted molar refractivity (Wildman–Crippen MR) is 145 cm³/mol. The second-order valence-corrected chi connectivity index (χ2v) is 9.82. The van der Waals surface area contributed by atoms with E-state index in [1.54, 1.807) is 30.4 Å². The van der Waals surface area contributed by atoms with Gasteiger partial charge in [0.2, 0.25) is 17.7 Å². The van der Waals surface area contributed by atoms with Crippen LogP contribution in [0.2, 0.25) is 0 Å². The minimum atomic E-state index is -0.745. The van der Waals surface area contributed by atoms with E-state index in [0.717, 1.165) is 5.56 Å². The van der Waals surface area contributed by atoms with Crippen molar-refractivity contribution in [3.05, 3.63) is 43.2 Å². The number of rotatable bonds is 6. The van der Waals surface area contributed by atoms with Crippen LogP contribution in [0.4, 0.5) is 0 Å². The third kappa shape index (κ3) is 7.36. The van der Waals surface area contributed by atoms with Crippen LogP contribution in [0.25, 0.3) is 11.4 Å². The zero-order valence-corrected chi connectivity index (χ0v) is 23.1. The lowest BCUT2D eigenvalue weighted by molar-refractivity contribution is -0.137. The lowest BCUT2D eigenvalue weighted by Crippen LogP contribution is -2.53. The van der Waals surface area contributed by atoms with Gasteiger partial charge in [-0.15, -0.1) is 0 Å². The number of nitrogens with zero attached hydrogens (tertiary/aromatic N) is 6. The molecule has 2 aromatic heterocycles. The Morgan fingerprint density at radius 3 is 2.85 bits per heavy atom. The molecule has 13 nitrogen and oxygen atoms in total.